The summed E-state index contributed by atoms with van der Waals surface area (Å²) in [6.45, 7) is 3.95. The molecule has 2 N–H and O–H groups in total. The van der Waals surface area contributed by atoms with Gasteiger partial charge in [0, 0.05) is 6.54 Å². The number of ether oxygens (including phenoxy) is 1. The molecule has 0 aliphatic carbocycles. The van der Waals surface area contributed by atoms with Gasteiger partial charge in [0.05, 0.1) is 23.8 Å². The molecule has 4 nitrogen and oxygen atoms in total. The fraction of sp³-hybridized carbons (Fsp3) is 0.462. The molecular formula is C13H18ClNO3. The third kappa shape index (κ3) is 3.62. The zero-order chi connectivity index (χ0) is 13.7. The molecule has 1 amide bonds. The van der Waals surface area contributed by atoms with Gasteiger partial charge in [-0.05, 0) is 18.1 Å². The minimum Gasteiger partial charge on any atom is -0.496 e. The summed E-state index contributed by atoms with van der Waals surface area (Å²) in [5, 5.41) is 12.6. The fourth-order valence-electron chi connectivity index (χ4n) is 1.42. The minimum atomic E-state index is -0.581. The standard InChI is InChI=1S/C13H18ClNO3/c1-8(2)10(16)7-15-13(17)12-9(14)5-4-6-11(12)18-3/h4-6,8,10,16H,7H2,1-3H3,(H,15,17). The van der Waals surface area contributed by atoms with E-state index in [1.54, 1.807) is 18.2 Å². The molecule has 1 unspecified atom stereocenters. The monoisotopic (exact) mass is 271 g/mol. The first-order chi connectivity index (χ1) is 8.47. The predicted molar refractivity (Wildman–Crippen MR) is 71.2 cm³/mol. The lowest BCUT2D eigenvalue weighted by Crippen LogP contribution is -2.35. The molecule has 0 spiro atoms. The Labute approximate surface area is 112 Å². The van der Waals surface area contributed by atoms with Crippen molar-refractivity contribution in [3.05, 3.63) is 28.8 Å². The van der Waals surface area contributed by atoms with Crippen LogP contribution in [-0.4, -0.2) is 30.8 Å². The Morgan fingerprint density at radius 1 is 1.50 bits per heavy atom. The number of halogens is 1. The Morgan fingerprint density at radius 3 is 2.72 bits per heavy atom. The molecule has 0 heterocycles. The second-order valence-corrected chi connectivity index (χ2v) is 4.75. The van der Waals surface area contributed by atoms with Gasteiger partial charge in [-0.15, -0.1) is 0 Å². The largest absolute Gasteiger partial charge is 0.496 e. The maximum absolute atomic E-state index is 12.0. The Hall–Kier alpha value is -1.26. The van der Waals surface area contributed by atoms with Gasteiger partial charge in [0.25, 0.3) is 5.91 Å². The summed E-state index contributed by atoms with van der Waals surface area (Å²) in [5.74, 6) is 0.148. The molecule has 18 heavy (non-hydrogen) atoms. The third-order valence-corrected chi connectivity index (χ3v) is 2.98. The van der Waals surface area contributed by atoms with Crippen LogP contribution in [0.5, 0.6) is 5.75 Å². The van der Waals surface area contributed by atoms with Crippen molar-refractivity contribution in [1.29, 1.82) is 0 Å². The number of aliphatic hydroxyl groups excluding tert-OH is 1. The van der Waals surface area contributed by atoms with E-state index in [1.165, 1.54) is 7.11 Å². The van der Waals surface area contributed by atoms with Crippen molar-refractivity contribution in [2.45, 2.75) is 20.0 Å². The first-order valence-corrected chi connectivity index (χ1v) is 6.14. The number of rotatable bonds is 5. The van der Waals surface area contributed by atoms with Gasteiger partial charge in [-0.1, -0.05) is 31.5 Å². The molecule has 5 heteroatoms. The molecule has 100 valence electrons. The van der Waals surface area contributed by atoms with Crippen molar-refractivity contribution in [2.75, 3.05) is 13.7 Å². The van der Waals surface area contributed by atoms with Crippen LogP contribution in [0, 0.1) is 5.92 Å². The van der Waals surface area contributed by atoms with Crippen molar-refractivity contribution in [3.8, 4) is 5.75 Å². The first kappa shape index (κ1) is 14.8. The summed E-state index contributed by atoms with van der Waals surface area (Å²) in [6.07, 6.45) is -0.581. The lowest BCUT2D eigenvalue weighted by atomic mass is 10.1. The van der Waals surface area contributed by atoms with Gasteiger partial charge in [-0.25, -0.2) is 0 Å². The molecule has 0 bridgehead atoms. The number of carbonyl (C=O) groups excluding carboxylic acids is 1. The molecule has 0 radical (unpaired) electrons. The topological polar surface area (TPSA) is 58.6 Å². The van der Waals surface area contributed by atoms with E-state index in [-0.39, 0.29) is 23.9 Å². The summed E-state index contributed by atoms with van der Waals surface area (Å²) in [5.41, 5.74) is 0.289. The van der Waals surface area contributed by atoms with Crippen molar-refractivity contribution >= 4 is 17.5 Å². The number of hydrogen-bond donors (Lipinski definition) is 2. The molecule has 0 saturated carbocycles. The third-order valence-electron chi connectivity index (χ3n) is 2.66. The van der Waals surface area contributed by atoms with Crippen LogP contribution in [0.15, 0.2) is 18.2 Å². The zero-order valence-electron chi connectivity index (χ0n) is 10.7. The van der Waals surface area contributed by atoms with Gasteiger partial charge in [-0.2, -0.15) is 0 Å². The predicted octanol–water partition coefficient (Wildman–Crippen LogP) is 2.10. The van der Waals surface area contributed by atoms with E-state index in [2.05, 4.69) is 5.32 Å². The number of benzene rings is 1. The van der Waals surface area contributed by atoms with Crippen LogP contribution >= 0.6 is 11.6 Å². The first-order valence-electron chi connectivity index (χ1n) is 5.76. The number of amides is 1. The lowest BCUT2D eigenvalue weighted by molar-refractivity contribution is 0.0869. The average molecular weight is 272 g/mol. The van der Waals surface area contributed by atoms with E-state index in [0.29, 0.717) is 10.8 Å². The van der Waals surface area contributed by atoms with Gasteiger partial charge in [0.2, 0.25) is 0 Å². The maximum atomic E-state index is 12.0. The Kier molecular flexibility index (Phi) is 5.44. The Balaban J connectivity index is 2.78. The molecule has 0 aliphatic heterocycles. The van der Waals surface area contributed by atoms with Crippen LogP contribution in [0.1, 0.15) is 24.2 Å². The van der Waals surface area contributed by atoms with Crippen molar-refractivity contribution in [1.82, 2.24) is 5.32 Å². The number of methoxy groups -OCH3 is 1. The van der Waals surface area contributed by atoms with Crippen LogP contribution in [-0.2, 0) is 0 Å². The van der Waals surface area contributed by atoms with Crippen molar-refractivity contribution in [3.63, 3.8) is 0 Å². The summed E-state index contributed by atoms with van der Waals surface area (Å²) in [7, 11) is 1.48. The maximum Gasteiger partial charge on any atom is 0.256 e. The van der Waals surface area contributed by atoms with E-state index in [4.69, 9.17) is 16.3 Å². The molecule has 0 saturated heterocycles. The lowest BCUT2D eigenvalue weighted by Gasteiger charge is -2.16. The van der Waals surface area contributed by atoms with Crippen LogP contribution in [0.25, 0.3) is 0 Å². The highest BCUT2D eigenvalue weighted by atomic mass is 35.5. The van der Waals surface area contributed by atoms with Gasteiger partial charge in [0.15, 0.2) is 0 Å². The molecule has 1 aromatic carbocycles. The number of carbonyl (C=O) groups is 1. The molecule has 1 aromatic rings. The number of aliphatic hydroxyl groups is 1. The zero-order valence-corrected chi connectivity index (χ0v) is 11.5. The van der Waals surface area contributed by atoms with Crippen LogP contribution in [0.2, 0.25) is 5.02 Å². The van der Waals surface area contributed by atoms with Crippen LogP contribution < -0.4 is 10.1 Å². The van der Waals surface area contributed by atoms with Crippen LogP contribution in [0.3, 0.4) is 0 Å². The van der Waals surface area contributed by atoms with E-state index in [9.17, 15) is 9.90 Å². The molecule has 0 fully saturated rings. The van der Waals surface area contributed by atoms with Gasteiger partial charge in [-0.3, -0.25) is 4.79 Å². The fourth-order valence-corrected chi connectivity index (χ4v) is 1.67. The summed E-state index contributed by atoms with van der Waals surface area (Å²) in [6, 6.07) is 5.00. The van der Waals surface area contributed by atoms with Crippen molar-refractivity contribution < 1.29 is 14.6 Å². The highest BCUT2D eigenvalue weighted by Gasteiger charge is 2.17. The molecule has 0 aliphatic rings. The normalized spacial score (nSPS) is 12.3. The Bertz CT molecular complexity index is 421. The van der Waals surface area contributed by atoms with E-state index < -0.39 is 6.10 Å². The Morgan fingerprint density at radius 2 is 2.17 bits per heavy atom. The second-order valence-electron chi connectivity index (χ2n) is 4.34. The van der Waals surface area contributed by atoms with Crippen molar-refractivity contribution in [2.24, 2.45) is 5.92 Å². The molecular weight excluding hydrogens is 254 g/mol. The van der Waals surface area contributed by atoms with E-state index in [0.717, 1.165) is 0 Å². The van der Waals surface area contributed by atoms with Crippen LogP contribution in [0.4, 0.5) is 0 Å². The molecule has 0 aromatic heterocycles. The van der Waals surface area contributed by atoms with Gasteiger partial charge < -0.3 is 15.2 Å². The number of nitrogens with one attached hydrogen (secondary N) is 1. The molecule has 1 rings (SSSR count). The smallest absolute Gasteiger partial charge is 0.256 e. The summed E-state index contributed by atoms with van der Waals surface area (Å²) >= 11 is 5.98. The van der Waals surface area contributed by atoms with Gasteiger partial charge in [0.1, 0.15) is 5.75 Å². The highest BCUT2D eigenvalue weighted by molar-refractivity contribution is 6.34. The molecule has 1 atom stereocenters. The summed E-state index contributed by atoms with van der Waals surface area (Å²) < 4.78 is 5.09. The van der Waals surface area contributed by atoms with E-state index in [1.807, 2.05) is 13.8 Å². The number of hydrogen-bond acceptors (Lipinski definition) is 3. The highest BCUT2D eigenvalue weighted by Crippen LogP contribution is 2.25. The second kappa shape index (κ2) is 6.61. The quantitative estimate of drug-likeness (QED) is 0.862. The van der Waals surface area contributed by atoms with Gasteiger partial charge >= 0.3 is 0 Å². The minimum absolute atomic E-state index is 0.0819. The SMILES string of the molecule is COc1cccc(Cl)c1C(=O)NCC(O)C(C)C. The van der Waals surface area contributed by atoms with E-state index >= 15 is 0 Å². The summed E-state index contributed by atoms with van der Waals surface area (Å²) in [4.78, 5) is 12.0. The average Bonchev–Trinajstić information content (AvgIpc) is 2.34.